The maximum absolute atomic E-state index is 6.57. The normalized spacial score (nSPS) is 11.5. The lowest BCUT2D eigenvalue weighted by atomic mass is 9.60. The highest BCUT2D eigenvalue weighted by molar-refractivity contribution is 6.69. The zero-order valence-electron chi connectivity index (χ0n) is 33.9. The van der Waals surface area contributed by atoms with E-state index in [1.54, 1.807) is 0 Å². The van der Waals surface area contributed by atoms with Crippen molar-refractivity contribution in [2.45, 2.75) is 0 Å². The highest BCUT2D eigenvalue weighted by Gasteiger charge is 2.21. The number of nitrogens with zero attached hydrogens (tertiary/aromatic N) is 3. The lowest BCUT2D eigenvalue weighted by Gasteiger charge is -2.23. The molecule has 2 aromatic heterocycles. The quantitative estimate of drug-likeness (QED) is 0.237. The molecule has 3 nitrogen and oxygen atoms in total. The maximum atomic E-state index is 6.57. The number of rotatable bonds is 6. The molecule has 0 bridgehead atoms. The smallest absolute Gasteiger partial charge is 0.160 e. The van der Waals surface area contributed by atoms with Gasteiger partial charge in [-0.25, -0.2) is 9.97 Å². The molecular weight excluding hydrogens is 751 g/mol. The molecule has 2 heterocycles. The average molecular weight is 774 g/mol. The summed E-state index contributed by atoms with van der Waals surface area (Å²) < 4.78 is 2.00. The van der Waals surface area contributed by atoms with Gasteiger partial charge in [-0.3, -0.25) is 0 Å². The summed E-state index contributed by atoms with van der Waals surface area (Å²) in [5.74, 6) is 0.482. The Morgan fingerprint density at radius 2 is 0.794 bits per heavy atom. The molecule has 0 amide bonds. The maximum Gasteiger partial charge on any atom is 0.160 e. The molecule has 0 saturated carbocycles. The van der Waals surface area contributed by atoms with Crippen molar-refractivity contribution >= 4 is 166 Å². The Kier molecular flexibility index (Phi) is 10.1. The van der Waals surface area contributed by atoms with Gasteiger partial charge in [0.05, 0.1) is 22.4 Å². The van der Waals surface area contributed by atoms with Crippen molar-refractivity contribution in [1.82, 2.24) is 14.5 Å². The van der Waals surface area contributed by atoms with E-state index < -0.39 is 0 Å². The van der Waals surface area contributed by atoms with Crippen molar-refractivity contribution < 1.29 is 0 Å². The van der Waals surface area contributed by atoms with Gasteiger partial charge in [0.25, 0.3) is 0 Å². The Morgan fingerprint density at radius 1 is 0.317 bits per heavy atom. The van der Waals surface area contributed by atoms with Gasteiger partial charge in [0.2, 0.25) is 0 Å². The number of hydrogen-bond acceptors (Lipinski definition) is 2. The highest BCUT2D eigenvalue weighted by atomic mass is 15.0. The van der Waals surface area contributed by atoms with Gasteiger partial charge in [-0.1, -0.05) is 137 Å². The average Bonchev–Trinajstić information content (AvgIpc) is 3.64. The monoisotopic (exact) mass is 775 g/mol. The second kappa shape index (κ2) is 15.7. The van der Waals surface area contributed by atoms with Crippen LogP contribution in [0.1, 0.15) is 0 Å². The Labute approximate surface area is 379 Å². The Morgan fingerprint density at radius 3 is 1.44 bits per heavy atom. The standard InChI is InChI=1S/C50H23B10N3/c51-39-38(40(52)42(54)43(55)41(39)53)35-23-34(61-50(62-35)26-8-2-1-3-9-26)31-20-19-28(29-10-4-5-11-30(29)31)25-16-14-24(15-17-25)27-18-21-37-33(22-27)32-12-6-7-13-36(32)63(37)49-47(59)45(57)44(56)46(58)48(49)60/h1-23H. The minimum atomic E-state index is 0.135. The van der Waals surface area contributed by atoms with E-state index in [-0.39, 0.29) is 54.6 Å². The summed E-state index contributed by atoms with van der Waals surface area (Å²) >= 11 is 0. The molecule has 0 aliphatic heterocycles. The van der Waals surface area contributed by atoms with Crippen LogP contribution in [0, 0.1) is 0 Å². The van der Waals surface area contributed by atoms with E-state index in [9.17, 15) is 0 Å². The molecule has 0 atom stereocenters. The van der Waals surface area contributed by atoms with Crippen LogP contribution < -0.4 is 54.6 Å². The molecule has 8 aromatic carbocycles. The summed E-state index contributed by atoms with van der Waals surface area (Å²) in [6.45, 7) is 0. The van der Waals surface area contributed by atoms with E-state index in [1.807, 2.05) is 71.3 Å². The van der Waals surface area contributed by atoms with E-state index >= 15 is 0 Å². The SMILES string of the molecule is [B]c1c([B])c([B])c(-c2cc(-c3ccc(-c4ccc(-c5ccc6c(c5)c5ccccc5n6-c5c([B])c([B])c([B])c([B])c5[B])cc4)c4ccccc34)nc(-c3ccccc3)n2)c([B])c1[B]. The third-order valence-electron chi connectivity index (χ3n) is 12.0. The van der Waals surface area contributed by atoms with Gasteiger partial charge in [-0.15, -0.1) is 32.8 Å². The van der Waals surface area contributed by atoms with Crippen molar-refractivity contribution in [3.8, 4) is 61.8 Å². The first-order valence-corrected chi connectivity index (χ1v) is 20.1. The predicted octanol–water partition coefficient (Wildman–Crippen LogP) is 1.000. The molecule has 10 aromatic rings. The predicted molar refractivity (Wildman–Crippen MR) is 275 cm³/mol. The number of aromatic nitrogens is 3. The molecule has 0 saturated heterocycles. The molecule has 20 radical (unpaired) electrons. The first kappa shape index (κ1) is 40.6. The van der Waals surface area contributed by atoms with E-state index in [4.69, 9.17) is 88.4 Å². The van der Waals surface area contributed by atoms with Crippen LogP contribution in [0.4, 0.5) is 0 Å². The molecule has 0 spiro atoms. The van der Waals surface area contributed by atoms with Gasteiger partial charge in [0, 0.05) is 27.6 Å². The second-order valence-corrected chi connectivity index (χ2v) is 15.6. The minimum Gasteiger partial charge on any atom is -0.310 e. The second-order valence-electron chi connectivity index (χ2n) is 15.6. The zero-order valence-corrected chi connectivity index (χ0v) is 33.9. The van der Waals surface area contributed by atoms with Gasteiger partial charge >= 0.3 is 0 Å². The summed E-state index contributed by atoms with van der Waals surface area (Å²) in [6.07, 6.45) is 0. The third kappa shape index (κ3) is 6.58. The van der Waals surface area contributed by atoms with Crippen LogP contribution in [-0.4, -0.2) is 93.0 Å². The molecular formula is C50H23B10N3. The first-order chi connectivity index (χ1) is 30.4. The van der Waals surface area contributed by atoms with E-state index in [1.165, 1.54) is 0 Å². The van der Waals surface area contributed by atoms with E-state index in [0.717, 1.165) is 66.0 Å². The lowest BCUT2D eigenvalue weighted by molar-refractivity contribution is 1.19. The van der Waals surface area contributed by atoms with E-state index in [0.29, 0.717) is 28.5 Å². The number of benzene rings is 8. The Hall–Kier alpha value is -6.45. The molecule has 268 valence electrons. The van der Waals surface area contributed by atoms with Gasteiger partial charge in [-0.2, -0.15) is 0 Å². The van der Waals surface area contributed by atoms with Crippen molar-refractivity contribution in [2.75, 3.05) is 0 Å². The molecule has 63 heavy (non-hydrogen) atoms. The molecule has 10 rings (SSSR count). The van der Waals surface area contributed by atoms with E-state index in [2.05, 4.69) is 72.8 Å². The van der Waals surface area contributed by atoms with Crippen LogP contribution in [0.3, 0.4) is 0 Å². The van der Waals surface area contributed by atoms with Crippen LogP contribution in [-0.2, 0) is 0 Å². The largest absolute Gasteiger partial charge is 0.310 e. The van der Waals surface area contributed by atoms with Crippen LogP contribution in [0.25, 0.3) is 94.4 Å². The summed E-state index contributed by atoms with van der Waals surface area (Å²) in [4.78, 5) is 10.0. The molecule has 0 aliphatic carbocycles. The van der Waals surface area contributed by atoms with Gasteiger partial charge in [-0.05, 0) is 62.9 Å². The molecule has 0 aliphatic rings. The van der Waals surface area contributed by atoms with Gasteiger partial charge < -0.3 is 4.57 Å². The minimum absolute atomic E-state index is 0.135. The van der Waals surface area contributed by atoms with Crippen molar-refractivity contribution in [1.29, 1.82) is 0 Å². The topological polar surface area (TPSA) is 30.7 Å². The fourth-order valence-electron chi connectivity index (χ4n) is 8.64. The number of hydrogen-bond donors (Lipinski definition) is 0. The van der Waals surface area contributed by atoms with Crippen molar-refractivity contribution in [2.24, 2.45) is 0 Å². The van der Waals surface area contributed by atoms with Crippen LogP contribution >= 0.6 is 0 Å². The van der Waals surface area contributed by atoms with Gasteiger partial charge in [0.15, 0.2) is 5.82 Å². The van der Waals surface area contributed by atoms with Gasteiger partial charge in [0.1, 0.15) is 78.5 Å². The Bertz CT molecular complexity index is 3460. The Balaban J connectivity index is 1.07. The lowest BCUT2D eigenvalue weighted by Crippen LogP contribution is -2.56. The van der Waals surface area contributed by atoms with Crippen LogP contribution in [0.2, 0.25) is 0 Å². The van der Waals surface area contributed by atoms with Crippen molar-refractivity contribution in [3.05, 3.63) is 140 Å². The third-order valence-corrected chi connectivity index (χ3v) is 12.0. The summed E-state index contributed by atoms with van der Waals surface area (Å²) in [5, 5.41) is 4.07. The molecule has 13 heteroatoms. The first-order valence-electron chi connectivity index (χ1n) is 20.1. The van der Waals surface area contributed by atoms with Crippen LogP contribution in [0.15, 0.2) is 140 Å². The van der Waals surface area contributed by atoms with Crippen LogP contribution in [0.5, 0.6) is 0 Å². The molecule has 0 fully saturated rings. The highest BCUT2D eigenvalue weighted by Crippen LogP contribution is 2.38. The number of para-hydroxylation sites is 1. The summed E-state index contributed by atoms with van der Waals surface area (Å²) in [5.41, 5.74) is 11.6. The fraction of sp³-hybridized carbons (Fsp3) is 0. The number of fused-ring (bicyclic) bond motifs is 4. The molecule has 0 unspecified atom stereocenters. The zero-order chi connectivity index (χ0) is 43.8. The molecule has 0 N–H and O–H groups in total. The summed E-state index contributed by atoms with van der Waals surface area (Å²) in [6, 6.07) is 47.0. The van der Waals surface area contributed by atoms with Crippen molar-refractivity contribution in [3.63, 3.8) is 0 Å². The summed E-state index contributed by atoms with van der Waals surface area (Å²) in [7, 11) is 63.8. The fourth-order valence-corrected chi connectivity index (χ4v) is 8.64.